The Morgan fingerprint density at radius 3 is 2.59 bits per heavy atom. The predicted octanol–water partition coefficient (Wildman–Crippen LogP) is 4.58. The molecule has 8 heteroatoms. The summed E-state index contributed by atoms with van der Waals surface area (Å²) in [6.07, 6.45) is 0. The summed E-state index contributed by atoms with van der Waals surface area (Å²) in [6, 6.07) is 11.9. The van der Waals surface area contributed by atoms with Crippen molar-refractivity contribution < 1.29 is 13.6 Å². The molecule has 3 rings (SSSR count). The minimum atomic E-state index is -1.05. The van der Waals surface area contributed by atoms with Crippen molar-refractivity contribution in [3.63, 3.8) is 0 Å². The minimum Gasteiger partial charge on any atom is -0.366 e. The Labute approximate surface area is 159 Å². The fourth-order valence-corrected chi connectivity index (χ4v) is 2.57. The Morgan fingerprint density at radius 2 is 1.85 bits per heavy atom. The lowest BCUT2D eigenvalue weighted by Crippen LogP contribution is -2.16. The molecule has 27 heavy (non-hydrogen) atoms. The monoisotopic (exact) mass is 388 g/mol. The molecule has 0 aliphatic heterocycles. The van der Waals surface area contributed by atoms with Crippen molar-refractivity contribution >= 4 is 29.0 Å². The van der Waals surface area contributed by atoms with Crippen LogP contribution >= 0.6 is 11.6 Å². The molecule has 0 bridgehead atoms. The lowest BCUT2D eigenvalue weighted by Gasteiger charge is -2.10. The average Bonchev–Trinajstić information content (AvgIpc) is 2.63. The molecule has 0 aliphatic carbocycles. The van der Waals surface area contributed by atoms with Gasteiger partial charge in [-0.1, -0.05) is 29.8 Å². The van der Waals surface area contributed by atoms with E-state index in [1.165, 1.54) is 12.1 Å². The Kier molecular flexibility index (Phi) is 5.61. The number of halogens is 3. The second kappa shape index (κ2) is 8.09. The molecule has 2 aromatic carbocycles. The molecule has 0 spiro atoms. The summed E-state index contributed by atoms with van der Waals surface area (Å²) in [5.41, 5.74) is 1.10. The van der Waals surface area contributed by atoms with Gasteiger partial charge in [0.05, 0.1) is 0 Å². The summed E-state index contributed by atoms with van der Waals surface area (Å²) < 4.78 is 26.3. The summed E-state index contributed by atoms with van der Waals surface area (Å²) in [4.78, 5) is 20.7. The summed E-state index contributed by atoms with van der Waals surface area (Å²) in [6.45, 7) is 2.06. The molecule has 0 atom stereocenters. The zero-order valence-corrected chi connectivity index (χ0v) is 15.0. The van der Waals surface area contributed by atoms with Crippen molar-refractivity contribution in [3.05, 3.63) is 82.3 Å². The molecular weight excluding hydrogens is 374 g/mol. The van der Waals surface area contributed by atoms with Crippen LogP contribution in [0.2, 0.25) is 5.02 Å². The molecule has 1 heterocycles. The van der Waals surface area contributed by atoms with Crippen molar-refractivity contribution in [2.75, 3.05) is 10.6 Å². The molecule has 1 amide bonds. The number of hydrogen-bond acceptors (Lipinski definition) is 4. The molecule has 0 saturated carbocycles. The summed E-state index contributed by atoms with van der Waals surface area (Å²) in [5, 5.41) is 6.19. The van der Waals surface area contributed by atoms with E-state index in [1.54, 1.807) is 13.0 Å². The number of amides is 1. The van der Waals surface area contributed by atoms with Crippen LogP contribution in [0.15, 0.2) is 48.5 Å². The number of rotatable bonds is 5. The maximum Gasteiger partial charge on any atom is 0.274 e. The van der Waals surface area contributed by atoms with Gasteiger partial charge in [-0.05, 0) is 30.7 Å². The van der Waals surface area contributed by atoms with Gasteiger partial charge in [0.15, 0.2) is 11.6 Å². The second-order valence-corrected chi connectivity index (χ2v) is 6.12. The predicted molar refractivity (Wildman–Crippen MR) is 99.9 cm³/mol. The maximum atomic E-state index is 13.3. The van der Waals surface area contributed by atoms with Gasteiger partial charge in [-0.3, -0.25) is 4.79 Å². The molecule has 2 N–H and O–H groups in total. The van der Waals surface area contributed by atoms with Crippen LogP contribution in [0.25, 0.3) is 0 Å². The van der Waals surface area contributed by atoms with E-state index in [0.717, 1.165) is 17.7 Å². The van der Waals surface area contributed by atoms with Crippen LogP contribution in [-0.2, 0) is 6.54 Å². The number of nitrogens with zero attached hydrogens (tertiary/aromatic N) is 2. The van der Waals surface area contributed by atoms with Crippen molar-refractivity contribution in [1.82, 2.24) is 9.97 Å². The molecule has 0 saturated heterocycles. The SMILES string of the molecule is Cc1nc(NCc2ccccc2Cl)cc(C(=O)Nc2ccc(F)c(F)c2)n1. The topological polar surface area (TPSA) is 66.9 Å². The highest BCUT2D eigenvalue weighted by Gasteiger charge is 2.12. The summed E-state index contributed by atoms with van der Waals surface area (Å²) >= 11 is 6.12. The number of hydrogen-bond donors (Lipinski definition) is 2. The number of carbonyl (C=O) groups is 1. The van der Waals surface area contributed by atoms with E-state index < -0.39 is 17.5 Å². The molecule has 3 aromatic rings. The van der Waals surface area contributed by atoms with E-state index in [4.69, 9.17) is 11.6 Å². The maximum absolute atomic E-state index is 13.3. The zero-order chi connectivity index (χ0) is 19.4. The van der Waals surface area contributed by atoms with E-state index in [-0.39, 0.29) is 11.4 Å². The Bertz CT molecular complexity index is 997. The first kappa shape index (κ1) is 18.7. The highest BCUT2D eigenvalue weighted by atomic mass is 35.5. The number of nitrogens with one attached hydrogen (secondary N) is 2. The van der Waals surface area contributed by atoms with Gasteiger partial charge in [-0.25, -0.2) is 18.7 Å². The van der Waals surface area contributed by atoms with E-state index in [0.29, 0.717) is 23.2 Å². The molecule has 0 radical (unpaired) electrons. The van der Waals surface area contributed by atoms with Crippen LogP contribution in [-0.4, -0.2) is 15.9 Å². The zero-order valence-electron chi connectivity index (χ0n) is 14.3. The summed E-state index contributed by atoms with van der Waals surface area (Å²) in [5.74, 6) is -1.77. The highest BCUT2D eigenvalue weighted by Crippen LogP contribution is 2.18. The van der Waals surface area contributed by atoms with E-state index >= 15 is 0 Å². The quantitative estimate of drug-likeness (QED) is 0.671. The summed E-state index contributed by atoms with van der Waals surface area (Å²) in [7, 11) is 0. The van der Waals surface area contributed by atoms with Crippen LogP contribution in [0, 0.1) is 18.6 Å². The molecule has 0 unspecified atom stereocenters. The number of aromatic nitrogens is 2. The van der Waals surface area contributed by atoms with Gasteiger partial charge in [0, 0.05) is 29.4 Å². The van der Waals surface area contributed by atoms with Crippen molar-refractivity contribution in [2.24, 2.45) is 0 Å². The Hall–Kier alpha value is -3.06. The third-order valence-electron chi connectivity index (χ3n) is 3.67. The van der Waals surface area contributed by atoms with Gasteiger partial charge in [0.1, 0.15) is 17.3 Å². The smallest absolute Gasteiger partial charge is 0.274 e. The fraction of sp³-hybridized carbons (Fsp3) is 0.105. The van der Waals surface area contributed by atoms with Gasteiger partial charge in [-0.2, -0.15) is 0 Å². The number of anilines is 2. The standard InChI is InChI=1S/C19H15ClF2N4O/c1-11-24-17(19(27)26-13-6-7-15(21)16(22)8-13)9-18(25-11)23-10-12-4-2-3-5-14(12)20/h2-9H,10H2,1H3,(H,26,27)(H,23,24,25). The van der Waals surface area contributed by atoms with Crippen molar-refractivity contribution in [3.8, 4) is 0 Å². The van der Waals surface area contributed by atoms with E-state index in [9.17, 15) is 13.6 Å². The van der Waals surface area contributed by atoms with Gasteiger partial charge in [0.2, 0.25) is 0 Å². The van der Waals surface area contributed by atoms with Crippen LogP contribution in [0.4, 0.5) is 20.3 Å². The van der Waals surface area contributed by atoms with E-state index in [2.05, 4.69) is 20.6 Å². The molecule has 138 valence electrons. The first-order valence-electron chi connectivity index (χ1n) is 8.02. The highest BCUT2D eigenvalue weighted by molar-refractivity contribution is 6.31. The second-order valence-electron chi connectivity index (χ2n) is 5.71. The number of aryl methyl sites for hydroxylation is 1. The van der Waals surface area contributed by atoms with Crippen molar-refractivity contribution in [2.45, 2.75) is 13.5 Å². The average molecular weight is 389 g/mol. The molecule has 5 nitrogen and oxygen atoms in total. The van der Waals surface area contributed by atoms with Gasteiger partial charge >= 0.3 is 0 Å². The van der Waals surface area contributed by atoms with Crippen LogP contribution in [0.1, 0.15) is 21.9 Å². The van der Waals surface area contributed by atoms with Crippen molar-refractivity contribution in [1.29, 1.82) is 0 Å². The third kappa shape index (κ3) is 4.77. The van der Waals surface area contributed by atoms with Gasteiger partial charge in [0.25, 0.3) is 5.91 Å². The third-order valence-corrected chi connectivity index (χ3v) is 4.03. The van der Waals surface area contributed by atoms with Crippen LogP contribution in [0.5, 0.6) is 0 Å². The van der Waals surface area contributed by atoms with E-state index in [1.807, 2.05) is 18.2 Å². The number of carbonyl (C=O) groups excluding carboxylic acids is 1. The first-order valence-corrected chi connectivity index (χ1v) is 8.39. The largest absolute Gasteiger partial charge is 0.366 e. The van der Waals surface area contributed by atoms with Crippen LogP contribution in [0.3, 0.4) is 0 Å². The minimum absolute atomic E-state index is 0.0916. The fourth-order valence-electron chi connectivity index (χ4n) is 2.37. The molecule has 1 aromatic heterocycles. The van der Waals surface area contributed by atoms with Crippen LogP contribution < -0.4 is 10.6 Å². The lowest BCUT2D eigenvalue weighted by molar-refractivity contribution is 0.102. The normalized spacial score (nSPS) is 10.5. The Balaban J connectivity index is 1.75. The van der Waals surface area contributed by atoms with Gasteiger partial charge < -0.3 is 10.6 Å². The van der Waals surface area contributed by atoms with Gasteiger partial charge in [-0.15, -0.1) is 0 Å². The molecule has 0 fully saturated rings. The first-order chi connectivity index (χ1) is 12.9. The number of benzene rings is 2. The lowest BCUT2D eigenvalue weighted by atomic mass is 10.2. The Morgan fingerprint density at radius 1 is 1.07 bits per heavy atom. The molecule has 0 aliphatic rings. The molecular formula is C19H15ClF2N4O.